The second-order valence-corrected chi connectivity index (χ2v) is 5.15. The maximum atomic E-state index is 11.8. The molecular weight excluding hydrogens is 264 g/mol. The van der Waals surface area contributed by atoms with Crippen LogP contribution in [0.1, 0.15) is 51.6 Å². The van der Waals surface area contributed by atoms with Gasteiger partial charge >= 0.3 is 0 Å². The number of ether oxygens (including phenoxy) is 1. The van der Waals surface area contributed by atoms with Crippen LogP contribution in [-0.4, -0.2) is 25.7 Å². The van der Waals surface area contributed by atoms with Gasteiger partial charge in [0.05, 0.1) is 0 Å². The molecule has 0 saturated carbocycles. The van der Waals surface area contributed by atoms with E-state index in [-0.39, 0.29) is 5.91 Å². The summed E-state index contributed by atoms with van der Waals surface area (Å²) in [5.74, 6) is 0.0426. The van der Waals surface area contributed by atoms with Gasteiger partial charge < -0.3 is 15.4 Å². The molecule has 21 heavy (non-hydrogen) atoms. The van der Waals surface area contributed by atoms with Gasteiger partial charge in [0.2, 0.25) is 5.91 Å². The first-order chi connectivity index (χ1) is 10.2. The standard InChI is InChI=1S/C17H28N2O2/c1-4-11-18-14(3)15-8-6-9-16(13-15)19-17(20)10-7-12-21-5-2/h6,8-9,13-14,18H,4-5,7,10-12H2,1-3H3,(H,19,20). The lowest BCUT2D eigenvalue weighted by Gasteiger charge is -2.15. The zero-order chi connectivity index (χ0) is 15.5. The van der Waals surface area contributed by atoms with E-state index in [0.717, 1.165) is 25.1 Å². The third-order valence-electron chi connectivity index (χ3n) is 3.27. The van der Waals surface area contributed by atoms with Crippen LogP contribution in [0.4, 0.5) is 5.69 Å². The van der Waals surface area contributed by atoms with E-state index in [4.69, 9.17) is 4.74 Å². The largest absolute Gasteiger partial charge is 0.382 e. The van der Waals surface area contributed by atoms with E-state index < -0.39 is 0 Å². The Balaban J connectivity index is 2.46. The first kappa shape index (κ1) is 17.7. The predicted molar refractivity (Wildman–Crippen MR) is 87.5 cm³/mol. The second kappa shape index (κ2) is 10.4. The number of anilines is 1. The van der Waals surface area contributed by atoms with Gasteiger partial charge in [0.1, 0.15) is 0 Å². The maximum absolute atomic E-state index is 11.8. The molecule has 0 aliphatic heterocycles. The highest BCUT2D eigenvalue weighted by Crippen LogP contribution is 2.17. The van der Waals surface area contributed by atoms with Crippen molar-refractivity contribution in [2.24, 2.45) is 0 Å². The fourth-order valence-electron chi connectivity index (χ4n) is 2.07. The summed E-state index contributed by atoms with van der Waals surface area (Å²) in [6, 6.07) is 8.32. The number of nitrogens with one attached hydrogen (secondary N) is 2. The Kier molecular flexibility index (Phi) is 8.71. The molecule has 0 fully saturated rings. The molecular formula is C17H28N2O2. The van der Waals surface area contributed by atoms with Gasteiger partial charge in [-0.15, -0.1) is 0 Å². The molecule has 0 aliphatic rings. The van der Waals surface area contributed by atoms with Crippen LogP contribution in [-0.2, 0) is 9.53 Å². The number of benzene rings is 1. The molecule has 0 saturated heterocycles. The van der Waals surface area contributed by atoms with Crippen molar-refractivity contribution in [3.63, 3.8) is 0 Å². The molecule has 0 spiro atoms. The molecule has 1 aromatic rings. The molecule has 1 aromatic carbocycles. The minimum atomic E-state index is 0.0426. The van der Waals surface area contributed by atoms with Crippen LogP contribution in [0.5, 0.6) is 0 Å². The molecule has 2 N–H and O–H groups in total. The summed E-state index contributed by atoms with van der Waals surface area (Å²) in [4.78, 5) is 11.8. The monoisotopic (exact) mass is 292 g/mol. The Bertz CT molecular complexity index is 421. The average Bonchev–Trinajstić information content (AvgIpc) is 2.49. The maximum Gasteiger partial charge on any atom is 0.224 e. The second-order valence-electron chi connectivity index (χ2n) is 5.15. The van der Waals surface area contributed by atoms with Crippen molar-refractivity contribution in [2.45, 2.75) is 46.1 Å². The van der Waals surface area contributed by atoms with Gasteiger partial charge in [-0.1, -0.05) is 19.1 Å². The fourth-order valence-corrected chi connectivity index (χ4v) is 2.07. The number of hydrogen-bond acceptors (Lipinski definition) is 3. The summed E-state index contributed by atoms with van der Waals surface area (Å²) >= 11 is 0. The van der Waals surface area contributed by atoms with Crippen LogP contribution < -0.4 is 10.6 Å². The van der Waals surface area contributed by atoms with E-state index in [1.165, 1.54) is 5.56 Å². The Morgan fingerprint density at radius 1 is 1.33 bits per heavy atom. The minimum Gasteiger partial charge on any atom is -0.382 e. The van der Waals surface area contributed by atoms with Crippen molar-refractivity contribution >= 4 is 11.6 Å². The van der Waals surface area contributed by atoms with Crippen LogP contribution in [0, 0.1) is 0 Å². The predicted octanol–water partition coefficient (Wildman–Crippen LogP) is 3.50. The zero-order valence-electron chi connectivity index (χ0n) is 13.4. The summed E-state index contributed by atoms with van der Waals surface area (Å²) in [6.07, 6.45) is 2.36. The van der Waals surface area contributed by atoms with E-state index in [2.05, 4.69) is 30.5 Å². The highest BCUT2D eigenvalue weighted by atomic mass is 16.5. The van der Waals surface area contributed by atoms with Gasteiger partial charge in [0.15, 0.2) is 0 Å². The SMILES string of the molecule is CCCNC(C)c1cccc(NC(=O)CCCOCC)c1. The molecule has 4 nitrogen and oxygen atoms in total. The summed E-state index contributed by atoms with van der Waals surface area (Å²) in [6.45, 7) is 8.58. The Morgan fingerprint density at radius 3 is 2.86 bits per heavy atom. The van der Waals surface area contributed by atoms with Crippen LogP contribution in [0.3, 0.4) is 0 Å². The third-order valence-corrected chi connectivity index (χ3v) is 3.27. The van der Waals surface area contributed by atoms with E-state index in [1.54, 1.807) is 0 Å². The van der Waals surface area contributed by atoms with Crippen LogP contribution in [0.25, 0.3) is 0 Å². The van der Waals surface area contributed by atoms with Gasteiger partial charge in [0.25, 0.3) is 0 Å². The van der Waals surface area contributed by atoms with Crippen LogP contribution >= 0.6 is 0 Å². The molecule has 0 heterocycles. The third kappa shape index (κ3) is 7.25. The molecule has 1 rings (SSSR count). The van der Waals surface area contributed by atoms with Gasteiger partial charge in [-0.05, 0) is 50.9 Å². The molecule has 1 atom stereocenters. The Labute approximate surface area is 128 Å². The first-order valence-corrected chi connectivity index (χ1v) is 7.88. The Hall–Kier alpha value is -1.39. The molecule has 0 bridgehead atoms. The quantitative estimate of drug-likeness (QED) is 0.649. The number of amides is 1. The van der Waals surface area contributed by atoms with Crippen molar-refractivity contribution in [3.8, 4) is 0 Å². The van der Waals surface area contributed by atoms with Gasteiger partial charge in [0, 0.05) is 31.4 Å². The van der Waals surface area contributed by atoms with Crippen LogP contribution in [0.2, 0.25) is 0 Å². The molecule has 1 amide bonds. The summed E-state index contributed by atoms with van der Waals surface area (Å²) in [7, 11) is 0. The lowest BCUT2D eigenvalue weighted by atomic mass is 10.1. The van der Waals surface area contributed by atoms with E-state index in [1.807, 2.05) is 25.1 Å². The summed E-state index contributed by atoms with van der Waals surface area (Å²) in [5, 5.41) is 6.40. The topological polar surface area (TPSA) is 50.4 Å². The fraction of sp³-hybridized carbons (Fsp3) is 0.588. The number of carbonyl (C=O) groups is 1. The zero-order valence-corrected chi connectivity index (χ0v) is 13.4. The van der Waals surface area contributed by atoms with Crippen molar-refractivity contribution in [1.82, 2.24) is 5.32 Å². The molecule has 0 aromatic heterocycles. The minimum absolute atomic E-state index is 0.0426. The van der Waals surface area contributed by atoms with Gasteiger partial charge in [-0.3, -0.25) is 4.79 Å². The van der Waals surface area contributed by atoms with Gasteiger partial charge in [-0.25, -0.2) is 0 Å². The van der Waals surface area contributed by atoms with E-state index in [9.17, 15) is 4.79 Å². The normalized spacial score (nSPS) is 12.1. The molecule has 4 heteroatoms. The average molecular weight is 292 g/mol. The smallest absolute Gasteiger partial charge is 0.224 e. The van der Waals surface area contributed by atoms with E-state index in [0.29, 0.717) is 25.7 Å². The number of hydrogen-bond donors (Lipinski definition) is 2. The lowest BCUT2D eigenvalue weighted by molar-refractivity contribution is -0.116. The lowest BCUT2D eigenvalue weighted by Crippen LogP contribution is -2.19. The highest BCUT2D eigenvalue weighted by Gasteiger charge is 2.07. The summed E-state index contributed by atoms with van der Waals surface area (Å²) < 4.78 is 5.23. The van der Waals surface area contributed by atoms with Crippen LogP contribution in [0.15, 0.2) is 24.3 Å². The number of rotatable bonds is 10. The molecule has 118 valence electrons. The van der Waals surface area contributed by atoms with Crippen molar-refractivity contribution in [1.29, 1.82) is 0 Å². The summed E-state index contributed by atoms with van der Waals surface area (Å²) in [5.41, 5.74) is 2.05. The molecule has 1 unspecified atom stereocenters. The highest BCUT2D eigenvalue weighted by molar-refractivity contribution is 5.90. The molecule has 0 aliphatic carbocycles. The van der Waals surface area contributed by atoms with Gasteiger partial charge in [-0.2, -0.15) is 0 Å². The van der Waals surface area contributed by atoms with Crippen molar-refractivity contribution in [2.75, 3.05) is 25.1 Å². The van der Waals surface area contributed by atoms with Crippen molar-refractivity contribution < 1.29 is 9.53 Å². The Morgan fingerprint density at radius 2 is 2.14 bits per heavy atom. The molecule has 0 radical (unpaired) electrons. The van der Waals surface area contributed by atoms with E-state index >= 15 is 0 Å². The number of carbonyl (C=O) groups excluding carboxylic acids is 1. The first-order valence-electron chi connectivity index (χ1n) is 7.88. The van der Waals surface area contributed by atoms with Crippen molar-refractivity contribution in [3.05, 3.63) is 29.8 Å².